The second-order valence-corrected chi connectivity index (χ2v) is 5.91. The van der Waals surface area contributed by atoms with Crippen molar-refractivity contribution in [3.8, 4) is 5.75 Å². The monoisotopic (exact) mass is 368 g/mol. The molecule has 6 nitrogen and oxygen atoms in total. The number of nitrogens with zero attached hydrogens (tertiary/aromatic N) is 3. The molecule has 0 bridgehead atoms. The van der Waals surface area contributed by atoms with Crippen molar-refractivity contribution in [3.05, 3.63) is 48.8 Å². The highest BCUT2D eigenvalue weighted by Gasteiger charge is 2.08. The predicted molar refractivity (Wildman–Crippen MR) is 90.7 cm³/mol. The summed E-state index contributed by atoms with van der Waals surface area (Å²) >= 11 is 1.30. The van der Waals surface area contributed by atoms with Crippen LogP contribution in [0.25, 0.3) is 0 Å². The Morgan fingerprint density at radius 1 is 1.40 bits per heavy atom. The predicted octanol–water partition coefficient (Wildman–Crippen LogP) is 2.52. The first kappa shape index (κ1) is 18.9. The number of aromatic nitrogens is 3. The van der Waals surface area contributed by atoms with Crippen molar-refractivity contribution in [1.29, 1.82) is 0 Å². The van der Waals surface area contributed by atoms with Crippen molar-refractivity contribution >= 4 is 17.7 Å². The van der Waals surface area contributed by atoms with E-state index >= 15 is 0 Å². The van der Waals surface area contributed by atoms with E-state index in [1.54, 1.807) is 29.1 Å². The van der Waals surface area contributed by atoms with Gasteiger partial charge >= 0.3 is 6.61 Å². The number of alkyl halides is 2. The molecule has 9 heteroatoms. The lowest BCUT2D eigenvalue weighted by Crippen LogP contribution is -2.27. The summed E-state index contributed by atoms with van der Waals surface area (Å²) in [5.74, 6) is 0.232. The number of carbonyl (C=O) groups is 1. The number of thioether (sulfide) groups is 1. The van der Waals surface area contributed by atoms with E-state index in [4.69, 9.17) is 0 Å². The summed E-state index contributed by atoms with van der Waals surface area (Å²) in [4.78, 5) is 11.9. The van der Waals surface area contributed by atoms with Crippen LogP contribution in [0, 0.1) is 0 Å². The number of hydrogen-bond acceptors (Lipinski definition) is 5. The van der Waals surface area contributed by atoms with Gasteiger partial charge in [0.15, 0.2) is 5.16 Å². The summed E-state index contributed by atoms with van der Waals surface area (Å²) < 4.78 is 30.2. The number of hydrogen-bond donors (Lipinski definition) is 1. The van der Waals surface area contributed by atoms with Gasteiger partial charge in [0.05, 0.1) is 5.75 Å². The number of halogens is 2. The maximum atomic E-state index is 12.1. The van der Waals surface area contributed by atoms with Gasteiger partial charge in [0.1, 0.15) is 12.1 Å². The van der Waals surface area contributed by atoms with Crippen molar-refractivity contribution < 1.29 is 18.3 Å². The third-order valence-corrected chi connectivity index (χ3v) is 4.10. The maximum Gasteiger partial charge on any atom is 0.387 e. The van der Waals surface area contributed by atoms with Gasteiger partial charge in [0.25, 0.3) is 0 Å². The van der Waals surface area contributed by atoms with Crippen LogP contribution in [0.3, 0.4) is 0 Å². The third kappa shape index (κ3) is 6.54. The molecule has 0 saturated heterocycles. The Balaban J connectivity index is 1.69. The number of allylic oxidation sites excluding steroid dienone is 1. The zero-order valence-electron chi connectivity index (χ0n) is 13.4. The molecule has 0 aliphatic carbocycles. The third-order valence-electron chi connectivity index (χ3n) is 3.12. The SMILES string of the molecule is C=CCn1cnnc1SCC(=O)NCCc1ccc(OC(F)F)cc1. The van der Waals surface area contributed by atoms with Gasteiger partial charge in [0, 0.05) is 13.1 Å². The van der Waals surface area contributed by atoms with Gasteiger partial charge in [-0.3, -0.25) is 4.79 Å². The highest BCUT2D eigenvalue weighted by atomic mass is 32.2. The van der Waals surface area contributed by atoms with Crippen LogP contribution in [0.1, 0.15) is 5.56 Å². The van der Waals surface area contributed by atoms with Crippen LogP contribution in [0.2, 0.25) is 0 Å². The fraction of sp³-hybridized carbons (Fsp3) is 0.312. The fourth-order valence-corrected chi connectivity index (χ4v) is 2.74. The summed E-state index contributed by atoms with van der Waals surface area (Å²) in [5, 5.41) is 11.2. The molecule has 1 heterocycles. The summed E-state index contributed by atoms with van der Waals surface area (Å²) in [5.41, 5.74) is 0.917. The number of nitrogens with one attached hydrogen (secondary N) is 1. The highest BCUT2D eigenvalue weighted by molar-refractivity contribution is 7.99. The zero-order chi connectivity index (χ0) is 18.1. The molecule has 0 atom stereocenters. The molecular weight excluding hydrogens is 350 g/mol. The van der Waals surface area contributed by atoms with E-state index in [2.05, 4.69) is 26.8 Å². The molecule has 1 aromatic carbocycles. The first-order valence-corrected chi connectivity index (χ1v) is 8.49. The van der Waals surface area contributed by atoms with E-state index in [-0.39, 0.29) is 17.4 Å². The van der Waals surface area contributed by atoms with E-state index in [0.717, 1.165) is 5.56 Å². The van der Waals surface area contributed by atoms with Gasteiger partial charge in [-0.2, -0.15) is 8.78 Å². The molecule has 25 heavy (non-hydrogen) atoms. The van der Waals surface area contributed by atoms with Crippen molar-refractivity contribution in [2.75, 3.05) is 12.3 Å². The molecule has 0 aliphatic heterocycles. The molecule has 1 N–H and O–H groups in total. The van der Waals surface area contributed by atoms with Crippen LogP contribution in [0.4, 0.5) is 8.78 Å². The molecule has 1 amide bonds. The lowest BCUT2D eigenvalue weighted by Gasteiger charge is -2.07. The number of rotatable bonds is 10. The van der Waals surface area contributed by atoms with E-state index in [0.29, 0.717) is 24.7 Å². The largest absolute Gasteiger partial charge is 0.435 e. The second-order valence-electron chi connectivity index (χ2n) is 4.97. The lowest BCUT2D eigenvalue weighted by atomic mass is 10.1. The van der Waals surface area contributed by atoms with Crippen LogP contribution in [0.15, 0.2) is 48.4 Å². The van der Waals surface area contributed by atoms with Crippen molar-refractivity contribution in [2.45, 2.75) is 24.7 Å². The second kappa shape index (κ2) is 9.77. The molecule has 0 spiro atoms. The summed E-state index contributed by atoms with van der Waals surface area (Å²) in [7, 11) is 0. The maximum absolute atomic E-state index is 12.1. The molecular formula is C16H18F2N4O2S. The van der Waals surface area contributed by atoms with Crippen molar-refractivity contribution in [2.24, 2.45) is 0 Å². The van der Waals surface area contributed by atoms with Crippen molar-refractivity contribution in [3.63, 3.8) is 0 Å². The summed E-state index contributed by atoms with van der Waals surface area (Å²) in [6, 6.07) is 6.34. The molecule has 2 aromatic rings. The quantitative estimate of drug-likeness (QED) is 0.516. The average molecular weight is 368 g/mol. The van der Waals surface area contributed by atoms with E-state index in [1.165, 1.54) is 23.9 Å². The molecule has 0 aliphatic rings. The summed E-state index contributed by atoms with van der Waals surface area (Å²) in [6.07, 6.45) is 3.91. The van der Waals surface area contributed by atoms with Gasteiger partial charge in [-0.05, 0) is 24.1 Å². The Kier molecular flexibility index (Phi) is 7.39. The minimum absolute atomic E-state index is 0.114. The Morgan fingerprint density at radius 3 is 2.84 bits per heavy atom. The van der Waals surface area contributed by atoms with Crippen LogP contribution in [-0.2, 0) is 17.8 Å². The van der Waals surface area contributed by atoms with E-state index < -0.39 is 6.61 Å². The number of benzene rings is 1. The van der Waals surface area contributed by atoms with Gasteiger partial charge in [-0.1, -0.05) is 30.0 Å². The van der Waals surface area contributed by atoms with Gasteiger partial charge in [0.2, 0.25) is 5.91 Å². The Bertz CT molecular complexity index is 692. The van der Waals surface area contributed by atoms with Gasteiger partial charge in [-0.15, -0.1) is 16.8 Å². The highest BCUT2D eigenvalue weighted by Crippen LogP contribution is 2.15. The minimum Gasteiger partial charge on any atom is -0.435 e. The number of amides is 1. The Labute approximate surface area is 148 Å². The van der Waals surface area contributed by atoms with Crippen LogP contribution in [-0.4, -0.2) is 39.6 Å². The minimum atomic E-state index is -2.83. The van der Waals surface area contributed by atoms with E-state index in [1.807, 2.05) is 0 Å². The van der Waals surface area contributed by atoms with Crippen LogP contribution in [0.5, 0.6) is 5.75 Å². The molecule has 1 aromatic heterocycles. The van der Waals surface area contributed by atoms with Gasteiger partial charge < -0.3 is 14.6 Å². The Morgan fingerprint density at radius 2 is 2.16 bits per heavy atom. The molecule has 0 fully saturated rings. The normalized spacial score (nSPS) is 10.7. The summed E-state index contributed by atoms with van der Waals surface area (Å²) in [6.45, 7) is 1.86. The van der Waals surface area contributed by atoms with Crippen LogP contribution >= 0.6 is 11.8 Å². The fourth-order valence-electron chi connectivity index (χ4n) is 1.99. The molecule has 2 rings (SSSR count). The number of ether oxygens (including phenoxy) is 1. The molecule has 134 valence electrons. The first-order valence-electron chi connectivity index (χ1n) is 7.50. The standard InChI is InChI=1S/C16H18F2N4O2S/c1-2-9-22-11-20-21-16(22)25-10-14(23)19-8-7-12-3-5-13(6-4-12)24-15(17)18/h2-6,11,15H,1,7-10H2,(H,19,23). The Hall–Kier alpha value is -2.42. The van der Waals surface area contributed by atoms with E-state index in [9.17, 15) is 13.6 Å². The van der Waals surface area contributed by atoms with Crippen molar-refractivity contribution in [1.82, 2.24) is 20.1 Å². The smallest absolute Gasteiger partial charge is 0.387 e. The first-order chi connectivity index (χ1) is 12.1. The average Bonchev–Trinajstić information content (AvgIpc) is 3.02. The molecule has 0 unspecified atom stereocenters. The molecule has 0 radical (unpaired) electrons. The van der Waals surface area contributed by atoms with Gasteiger partial charge in [-0.25, -0.2) is 0 Å². The lowest BCUT2D eigenvalue weighted by molar-refractivity contribution is -0.118. The number of carbonyl (C=O) groups excluding carboxylic acids is 1. The van der Waals surface area contributed by atoms with Crippen LogP contribution < -0.4 is 10.1 Å². The zero-order valence-corrected chi connectivity index (χ0v) is 14.2. The molecule has 0 saturated carbocycles. The topological polar surface area (TPSA) is 69.0 Å².